The zero-order valence-corrected chi connectivity index (χ0v) is 10.3. The molecule has 1 aliphatic heterocycles. The first-order chi connectivity index (χ1) is 8.26. The van der Waals surface area contributed by atoms with Gasteiger partial charge in [0.1, 0.15) is 0 Å². The van der Waals surface area contributed by atoms with Crippen molar-refractivity contribution in [2.45, 2.75) is 37.6 Å². The number of hydrogen-bond acceptors (Lipinski definition) is 3. The fourth-order valence-electron chi connectivity index (χ4n) is 3.70. The van der Waals surface area contributed by atoms with Crippen LogP contribution in [0.5, 0.6) is 0 Å². The number of amides is 1. The minimum atomic E-state index is -0.188. The maximum atomic E-state index is 12.2. The molecule has 0 radical (unpaired) electrons. The van der Waals surface area contributed by atoms with E-state index in [1.807, 2.05) is 0 Å². The summed E-state index contributed by atoms with van der Waals surface area (Å²) in [6, 6.07) is 0. The van der Waals surface area contributed by atoms with Gasteiger partial charge < -0.3 is 15.8 Å². The molecule has 1 amide bonds. The van der Waals surface area contributed by atoms with E-state index in [1.165, 1.54) is 19.3 Å². The molecule has 0 aromatic carbocycles. The number of rotatable bonds is 3. The van der Waals surface area contributed by atoms with Crippen LogP contribution in [0.1, 0.15) is 32.1 Å². The van der Waals surface area contributed by atoms with Gasteiger partial charge in [-0.1, -0.05) is 6.42 Å². The van der Waals surface area contributed by atoms with Crippen LogP contribution in [0.25, 0.3) is 0 Å². The van der Waals surface area contributed by atoms with Crippen molar-refractivity contribution >= 4 is 5.91 Å². The number of fused-ring (bicyclic) bond motifs is 1. The molecule has 0 aromatic heterocycles. The lowest BCUT2D eigenvalue weighted by Gasteiger charge is -2.37. The monoisotopic (exact) mass is 238 g/mol. The number of nitrogens with one attached hydrogen (secondary N) is 1. The van der Waals surface area contributed by atoms with Crippen LogP contribution >= 0.6 is 0 Å². The first-order valence-corrected chi connectivity index (χ1v) is 6.86. The molecule has 1 saturated heterocycles. The Morgan fingerprint density at radius 2 is 1.94 bits per heavy atom. The Labute approximate surface area is 102 Å². The van der Waals surface area contributed by atoms with Crippen LogP contribution in [-0.4, -0.2) is 31.2 Å². The van der Waals surface area contributed by atoms with Crippen molar-refractivity contribution in [3.8, 4) is 0 Å². The Bertz CT molecular complexity index is 303. The van der Waals surface area contributed by atoms with Gasteiger partial charge in [-0.15, -0.1) is 0 Å². The van der Waals surface area contributed by atoms with Gasteiger partial charge in [0, 0.05) is 25.7 Å². The van der Waals surface area contributed by atoms with E-state index in [0.717, 1.165) is 26.1 Å². The first kappa shape index (κ1) is 11.5. The van der Waals surface area contributed by atoms with Crippen LogP contribution in [0, 0.1) is 17.8 Å². The topological polar surface area (TPSA) is 64.3 Å². The number of nitrogens with two attached hydrogens (primary N) is 1. The van der Waals surface area contributed by atoms with Crippen LogP contribution < -0.4 is 11.1 Å². The molecule has 2 aliphatic carbocycles. The van der Waals surface area contributed by atoms with Crippen LogP contribution in [0.4, 0.5) is 0 Å². The Balaban J connectivity index is 1.59. The predicted molar refractivity (Wildman–Crippen MR) is 64.3 cm³/mol. The van der Waals surface area contributed by atoms with Gasteiger partial charge in [0.2, 0.25) is 5.91 Å². The van der Waals surface area contributed by atoms with E-state index < -0.39 is 0 Å². The minimum absolute atomic E-state index is 0.188. The van der Waals surface area contributed by atoms with Crippen molar-refractivity contribution in [3.05, 3.63) is 0 Å². The average Bonchev–Trinajstić information content (AvgIpc) is 2.85. The van der Waals surface area contributed by atoms with Crippen molar-refractivity contribution in [2.75, 3.05) is 19.8 Å². The fourth-order valence-corrected chi connectivity index (χ4v) is 3.70. The predicted octanol–water partition coefficient (Wildman–Crippen LogP) is 0.657. The second-order valence-corrected chi connectivity index (χ2v) is 5.87. The van der Waals surface area contributed by atoms with E-state index in [0.29, 0.717) is 24.3 Å². The summed E-state index contributed by atoms with van der Waals surface area (Å²) in [5.74, 6) is 1.93. The zero-order chi connectivity index (χ0) is 11.9. The van der Waals surface area contributed by atoms with Crippen molar-refractivity contribution in [3.63, 3.8) is 0 Å². The second-order valence-electron chi connectivity index (χ2n) is 5.87. The number of ether oxygens (including phenoxy) is 1. The van der Waals surface area contributed by atoms with Crippen LogP contribution in [0.15, 0.2) is 0 Å². The van der Waals surface area contributed by atoms with E-state index in [2.05, 4.69) is 5.32 Å². The number of carbonyl (C=O) groups excluding carboxylic acids is 1. The van der Waals surface area contributed by atoms with E-state index in [1.54, 1.807) is 0 Å². The molecule has 1 heterocycles. The smallest absolute Gasteiger partial charge is 0.224 e. The van der Waals surface area contributed by atoms with Crippen LogP contribution in [-0.2, 0) is 9.53 Å². The number of hydrogen-bond donors (Lipinski definition) is 2. The summed E-state index contributed by atoms with van der Waals surface area (Å²) in [7, 11) is 0. The molecule has 17 heavy (non-hydrogen) atoms. The highest BCUT2D eigenvalue weighted by Gasteiger charge is 2.57. The Morgan fingerprint density at radius 1 is 1.29 bits per heavy atom. The molecule has 2 unspecified atom stereocenters. The molecule has 0 spiro atoms. The summed E-state index contributed by atoms with van der Waals surface area (Å²) in [4.78, 5) is 12.2. The standard InChI is InChI=1S/C13H22N2O2/c14-8-13(4-6-17-7-5-13)15-12(16)11-9-2-1-3-10(9)11/h9-11H,1-8,14H2,(H,15,16). The number of carbonyl (C=O) groups is 1. The van der Waals surface area contributed by atoms with Crippen molar-refractivity contribution in [1.29, 1.82) is 0 Å². The van der Waals surface area contributed by atoms with Gasteiger partial charge >= 0.3 is 0 Å². The maximum absolute atomic E-state index is 12.2. The minimum Gasteiger partial charge on any atom is -0.381 e. The van der Waals surface area contributed by atoms with E-state index in [9.17, 15) is 4.79 Å². The fraction of sp³-hybridized carbons (Fsp3) is 0.923. The molecular weight excluding hydrogens is 216 g/mol. The molecule has 3 fully saturated rings. The van der Waals surface area contributed by atoms with Crippen molar-refractivity contribution < 1.29 is 9.53 Å². The molecular formula is C13H22N2O2. The lowest BCUT2D eigenvalue weighted by Crippen LogP contribution is -2.57. The highest BCUT2D eigenvalue weighted by Crippen LogP contribution is 2.57. The SMILES string of the molecule is NCC1(NC(=O)C2C3CCCC32)CCOCC1. The Hall–Kier alpha value is -0.610. The second kappa shape index (κ2) is 4.25. The molecule has 0 aromatic rings. The lowest BCUT2D eigenvalue weighted by molar-refractivity contribution is -0.126. The van der Waals surface area contributed by atoms with Gasteiger partial charge in [0.05, 0.1) is 5.54 Å². The highest BCUT2D eigenvalue weighted by atomic mass is 16.5. The first-order valence-electron chi connectivity index (χ1n) is 6.86. The van der Waals surface area contributed by atoms with Gasteiger partial charge in [0.25, 0.3) is 0 Å². The molecule has 2 atom stereocenters. The molecule has 3 rings (SSSR count). The summed E-state index contributed by atoms with van der Waals surface area (Å²) >= 11 is 0. The molecule has 96 valence electrons. The van der Waals surface area contributed by atoms with Gasteiger partial charge in [-0.3, -0.25) is 4.79 Å². The molecule has 0 bridgehead atoms. The Kier molecular flexibility index (Phi) is 2.87. The molecule has 4 nitrogen and oxygen atoms in total. The lowest BCUT2D eigenvalue weighted by atomic mass is 9.89. The zero-order valence-electron chi connectivity index (χ0n) is 10.3. The van der Waals surface area contributed by atoms with Crippen LogP contribution in [0.2, 0.25) is 0 Å². The van der Waals surface area contributed by atoms with Gasteiger partial charge in [-0.05, 0) is 37.5 Å². The summed E-state index contributed by atoms with van der Waals surface area (Å²) in [6.07, 6.45) is 5.53. The summed E-state index contributed by atoms with van der Waals surface area (Å²) < 4.78 is 5.35. The average molecular weight is 238 g/mol. The molecule has 3 N–H and O–H groups in total. The van der Waals surface area contributed by atoms with Gasteiger partial charge in [-0.2, -0.15) is 0 Å². The highest BCUT2D eigenvalue weighted by molar-refractivity contribution is 5.83. The summed E-state index contributed by atoms with van der Waals surface area (Å²) in [5.41, 5.74) is 5.66. The Morgan fingerprint density at radius 3 is 2.53 bits per heavy atom. The van der Waals surface area contributed by atoms with Gasteiger partial charge in [-0.25, -0.2) is 0 Å². The van der Waals surface area contributed by atoms with E-state index in [4.69, 9.17) is 10.5 Å². The third kappa shape index (κ3) is 1.97. The van der Waals surface area contributed by atoms with E-state index in [-0.39, 0.29) is 11.4 Å². The largest absolute Gasteiger partial charge is 0.381 e. The van der Waals surface area contributed by atoms with Crippen molar-refractivity contribution in [2.24, 2.45) is 23.5 Å². The summed E-state index contributed by atoms with van der Waals surface area (Å²) in [6.45, 7) is 1.97. The van der Waals surface area contributed by atoms with Crippen molar-refractivity contribution in [1.82, 2.24) is 5.32 Å². The quantitative estimate of drug-likeness (QED) is 0.759. The normalized spacial score (nSPS) is 38.5. The molecule has 3 aliphatic rings. The summed E-state index contributed by atoms with van der Waals surface area (Å²) in [5, 5.41) is 3.23. The molecule has 4 heteroatoms. The maximum Gasteiger partial charge on any atom is 0.224 e. The van der Waals surface area contributed by atoms with Gasteiger partial charge in [0.15, 0.2) is 0 Å². The molecule has 2 saturated carbocycles. The third-order valence-electron chi connectivity index (χ3n) is 4.94. The van der Waals surface area contributed by atoms with E-state index >= 15 is 0 Å². The third-order valence-corrected chi connectivity index (χ3v) is 4.94. The van der Waals surface area contributed by atoms with Crippen LogP contribution in [0.3, 0.4) is 0 Å².